The molecule has 0 rings (SSSR count). The summed E-state index contributed by atoms with van der Waals surface area (Å²) in [6.07, 6.45) is 49.5. The van der Waals surface area contributed by atoms with Crippen molar-refractivity contribution in [2.75, 3.05) is 19.8 Å². The predicted octanol–water partition coefficient (Wildman–Crippen LogP) is 14.2. The van der Waals surface area contributed by atoms with Gasteiger partial charge in [0.15, 0.2) is 6.10 Å². The van der Waals surface area contributed by atoms with Crippen LogP contribution in [0.2, 0.25) is 0 Å². The van der Waals surface area contributed by atoms with E-state index in [0.717, 1.165) is 38.5 Å². The van der Waals surface area contributed by atoms with Gasteiger partial charge >= 0.3 is 25.7 Å². The van der Waals surface area contributed by atoms with Crippen LogP contribution in [0.3, 0.4) is 0 Å². The van der Waals surface area contributed by atoms with Crippen LogP contribution in [-0.2, 0) is 37.5 Å². The summed E-state index contributed by atoms with van der Waals surface area (Å²) in [5.41, 5.74) is 5.35. The normalized spacial score (nSPS) is 13.7. The molecular weight excluding hydrogens is 806 g/mol. The number of carbonyl (C=O) groups is 3. The molecule has 0 bridgehead atoms. The molecule has 3 atom stereocenters. The van der Waals surface area contributed by atoms with E-state index in [1.54, 1.807) is 0 Å². The number of hydrogen-bond donors (Lipinski definition) is 3. The average molecular weight is 900 g/mol. The first-order valence-electron chi connectivity index (χ1n) is 25.4. The molecule has 0 saturated carbocycles. The molecule has 0 heterocycles. The molecule has 0 aromatic heterocycles. The summed E-state index contributed by atoms with van der Waals surface area (Å²) in [5.74, 6) is -2.37. The molecular formula is C50H94NO10P. The number of ether oxygens (including phenoxy) is 2. The fraction of sp³-hybridized carbons (Fsp3) is 0.860. The Bertz CT molecular complexity index is 1150. The van der Waals surface area contributed by atoms with Gasteiger partial charge in [-0.3, -0.25) is 23.4 Å². The van der Waals surface area contributed by atoms with Gasteiger partial charge in [-0.1, -0.05) is 192 Å². The quantitative estimate of drug-likeness (QED) is 0.0230. The van der Waals surface area contributed by atoms with E-state index < -0.39 is 51.1 Å². The van der Waals surface area contributed by atoms with E-state index in [4.69, 9.17) is 24.8 Å². The smallest absolute Gasteiger partial charge is 0.472 e. The fourth-order valence-corrected chi connectivity index (χ4v) is 7.95. The second-order valence-electron chi connectivity index (χ2n) is 17.3. The minimum atomic E-state index is -4.72. The molecule has 0 fully saturated rings. The van der Waals surface area contributed by atoms with Crippen LogP contribution in [0.4, 0.5) is 0 Å². The Morgan fingerprint density at radius 3 is 1.18 bits per heavy atom. The van der Waals surface area contributed by atoms with Gasteiger partial charge in [0.25, 0.3) is 0 Å². The van der Waals surface area contributed by atoms with Gasteiger partial charge in [-0.05, 0) is 64.2 Å². The maximum absolute atomic E-state index is 12.7. The molecule has 0 radical (unpaired) electrons. The predicted molar refractivity (Wildman–Crippen MR) is 254 cm³/mol. The Morgan fingerprint density at radius 2 is 0.806 bits per heavy atom. The molecule has 0 aromatic rings. The van der Waals surface area contributed by atoms with Crippen LogP contribution < -0.4 is 5.73 Å². The first-order valence-corrected chi connectivity index (χ1v) is 26.9. The van der Waals surface area contributed by atoms with Crippen molar-refractivity contribution in [2.45, 2.75) is 257 Å². The Kier molecular flexibility index (Phi) is 44.0. The molecule has 62 heavy (non-hydrogen) atoms. The molecule has 1 unspecified atom stereocenters. The van der Waals surface area contributed by atoms with Crippen LogP contribution in [0.1, 0.15) is 245 Å². The third-order valence-corrected chi connectivity index (χ3v) is 12.1. The topological polar surface area (TPSA) is 172 Å². The van der Waals surface area contributed by atoms with E-state index in [1.165, 1.54) is 167 Å². The number of unbranched alkanes of at least 4 members (excludes halogenated alkanes) is 30. The number of rotatable bonds is 48. The second-order valence-corrected chi connectivity index (χ2v) is 18.8. The highest BCUT2D eigenvalue weighted by atomic mass is 31.2. The number of allylic oxidation sites excluding steroid dienone is 4. The highest BCUT2D eigenvalue weighted by Crippen LogP contribution is 2.43. The van der Waals surface area contributed by atoms with Crippen molar-refractivity contribution < 1.29 is 47.5 Å². The molecule has 0 aliphatic carbocycles. The summed E-state index contributed by atoms with van der Waals surface area (Å²) in [4.78, 5) is 46.2. The highest BCUT2D eigenvalue weighted by Gasteiger charge is 2.28. The molecule has 364 valence electrons. The van der Waals surface area contributed by atoms with Gasteiger partial charge < -0.3 is 25.2 Å². The zero-order chi connectivity index (χ0) is 45.6. The minimum absolute atomic E-state index is 0.161. The van der Waals surface area contributed by atoms with E-state index in [2.05, 4.69) is 42.7 Å². The zero-order valence-corrected chi connectivity index (χ0v) is 40.6. The van der Waals surface area contributed by atoms with E-state index in [0.29, 0.717) is 12.8 Å². The van der Waals surface area contributed by atoms with Gasteiger partial charge in [0, 0.05) is 12.8 Å². The van der Waals surface area contributed by atoms with Gasteiger partial charge in [-0.15, -0.1) is 0 Å². The molecule has 11 nitrogen and oxygen atoms in total. The molecule has 0 aliphatic rings. The number of phosphoric ester groups is 1. The van der Waals surface area contributed by atoms with Gasteiger partial charge in [-0.2, -0.15) is 0 Å². The summed E-state index contributed by atoms with van der Waals surface area (Å²) in [6, 6.07) is -1.52. The van der Waals surface area contributed by atoms with E-state index in [-0.39, 0.29) is 19.4 Å². The number of carbonyl (C=O) groups excluding carboxylic acids is 2. The largest absolute Gasteiger partial charge is 0.480 e. The number of hydrogen-bond acceptors (Lipinski definition) is 9. The third-order valence-electron chi connectivity index (χ3n) is 11.2. The van der Waals surface area contributed by atoms with Crippen LogP contribution in [0.15, 0.2) is 24.3 Å². The minimum Gasteiger partial charge on any atom is -0.480 e. The number of nitrogens with two attached hydrogens (primary N) is 1. The van der Waals surface area contributed by atoms with Crippen LogP contribution in [0.25, 0.3) is 0 Å². The molecule has 0 saturated heterocycles. The molecule has 0 aromatic carbocycles. The van der Waals surface area contributed by atoms with Crippen molar-refractivity contribution in [1.82, 2.24) is 0 Å². The number of carboxylic acid groups (broad SMARTS) is 1. The summed E-state index contributed by atoms with van der Waals surface area (Å²) in [7, 11) is -4.72. The molecule has 0 spiro atoms. The third kappa shape index (κ3) is 44.6. The Hall–Kier alpha value is -2.04. The first-order chi connectivity index (χ1) is 30.1. The lowest BCUT2D eigenvalue weighted by Crippen LogP contribution is -2.34. The zero-order valence-electron chi connectivity index (χ0n) is 39.7. The summed E-state index contributed by atoms with van der Waals surface area (Å²) < 4.78 is 32.8. The van der Waals surface area contributed by atoms with Gasteiger partial charge in [0.2, 0.25) is 0 Å². The van der Waals surface area contributed by atoms with Crippen molar-refractivity contribution in [3.8, 4) is 0 Å². The summed E-state index contributed by atoms with van der Waals surface area (Å²) in [5, 5.41) is 8.92. The van der Waals surface area contributed by atoms with Crippen LogP contribution in [0, 0.1) is 0 Å². The van der Waals surface area contributed by atoms with Crippen LogP contribution in [0.5, 0.6) is 0 Å². The maximum Gasteiger partial charge on any atom is 0.472 e. The number of carboxylic acids is 1. The number of esters is 2. The highest BCUT2D eigenvalue weighted by molar-refractivity contribution is 7.47. The molecule has 12 heteroatoms. The monoisotopic (exact) mass is 900 g/mol. The Balaban J connectivity index is 4.24. The van der Waals surface area contributed by atoms with E-state index in [1.807, 2.05) is 0 Å². The summed E-state index contributed by atoms with van der Waals surface area (Å²) in [6.45, 7) is 2.83. The van der Waals surface area contributed by atoms with Crippen LogP contribution in [-0.4, -0.2) is 59.9 Å². The first kappa shape index (κ1) is 60.0. The van der Waals surface area contributed by atoms with Crippen molar-refractivity contribution in [3.05, 3.63) is 24.3 Å². The van der Waals surface area contributed by atoms with Crippen LogP contribution >= 0.6 is 7.82 Å². The fourth-order valence-electron chi connectivity index (χ4n) is 7.17. The lowest BCUT2D eigenvalue weighted by molar-refractivity contribution is -0.161. The molecule has 0 amide bonds. The van der Waals surface area contributed by atoms with Crippen molar-refractivity contribution in [2.24, 2.45) is 5.73 Å². The lowest BCUT2D eigenvalue weighted by Gasteiger charge is -2.20. The Labute approximate surface area is 379 Å². The average Bonchev–Trinajstić information content (AvgIpc) is 3.25. The van der Waals surface area contributed by atoms with Gasteiger partial charge in [-0.25, -0.2) is 4.57 Å². The standard InChI is InChI=1S/C50H94NO10P/c1-3-5-7-9-11-13-15-17-19-21-23-25-27-29-31-33-35-37-39-41-48(52)58-43-46(44-59-62(56,57)60-45-47(51)50(54)55)61-49(53)42-40-38-36-34-32-30-28-26-24-22-20-18-16-14-12-10-8-6-4-2/h17-20,46-47H,3-16,21-45,51H2,1-2H3,(H,54,55)(H,56,57)/b19-17+,20-18+/t46-,47+/m1/s1. The second kappa shape index (κ2) is 45.5. The van der Waals surface area contributed by atoms with Gasteiger partial charge in [0.1, 0.15) is 12.6 Å². The molecule has 0 aliphatic heterocycles. The molecule has 4 N–H and O–H groups in total. The lowest BCUT2D eigenvalue weighted by atomic mass is 10.1. The van der Waals surface area contributed by atoms with Crippen molar-refractivity contribution in [3.63, 3.8) is 0 Å². The van der Waals surface area contributed by atoms with Crippen molar-refractivity contribution >= 4 is 25.7 Å². The Morgan fingerprint density at radius 1 is 0.484 bits per heavy atom. The van der Waals surface area contributed by atoms with E-state index in [9.17, 15) is 23.8 Å². The SMILES string of the molecule is CCCCCCCC/C=C/CCCCCCCCCCCC(=O)OC[C@H](COP(=O)(O)OC[C@H](N)C(=O)O)OC(=O)CCCCCCCCCCC/C=C/CCCCCCCC. The van der Waals surface area contributed by atoms with Crippen molar-refractivity contribution in [1.29, 1.82) is 0 Å². The number of aliphatic carboxylic acids is 1. The maximum atomic E-state index is 12.7. The van der Waals surface area contributed by atoms with E-state index >= 15 is 0 Å². The number of phosphoric acid groups is 1. The summed E-state index contributed by atoms with van der Waals surface area (Å²) >= 11 is 0. The van der Waals surface area contributed by atoms with Gasteiger partial charge in [0.05, 0.1) is 13.2 Å².